The number of hydrogen-bond acceptors (Lipinski definition) is 5. The topological polar surface area (TPSA) is 62.3 Å². The van der Waals surface area contributed by atoms with E-state index in [9.17, 15) is 14.0 Å². The number of likely N-dealkylation sites (tertiary alicyclic amines) is 1. The van der Waals surface area contributed by atoms with Crippen LogP contribution in [0.2, 0.25) is 0 Å². The molecule has 8 heteroatoms. The van der Waals surface area contributed by atoms with Gasteiger partial charge in [-0.25, -0.2) is 9.37 Å². The van der Waals surface area contributed by atoms with Crippen molar-refractivity contribution in [2.75, 3.05) is 19.3 Å². The van der Waals surface area contributed by atoms with Crippen molar-refractivity contribution in [2.24, 2.45) is 5.92 Å². The third kappa shape index (κ3) is 5.54. The summed E-state index contributed by atoms with van der Waals surface area (Å²) >= 11 is 3.02. The van der Waals surface area contributed by atoms with Gasteiger partial charge in [-0.05, 0) is 37.5 Å². The number of benzene rings is 1. The first-order chi connectivity index (χ1) is 13.6. The minimum atomic E-state index is -0.309. The zero-order valence-electron chi connectivity index (χ0n) is 15.8. The van der Waals surface area contributed by atoms with Crippen LogP contribution in [0, 0.1) is 11.7 Å². The molecular weight excluding hydrogens is 397 g/mol. The lowest BCUT2D eigenvalue weighted by Crippen LogP contribution is -2.40. The lowest BCUT2D eigenvalue weighted by Gasteiger charge is -2.32. The molecule has 3 rings (SSSR count). The number of halogens is 1. The van der Waals surface area contributed by atoms with Crippen molar-refractivity contribution >= 4 is 34.9 Å². The van der Waals surface area contributed by atoms with E-state index in [0.717, 1.165) is 30.1 Å². The molecule has 2 aromatic rings. The lowest BCUT2D eigenvalue weighted by molar-refractivity contribution is -0.121. The van der Waals surface area contributed by atoms with Crippen LogP contribution in [0.1, 0.15) is 41.7 Å². The number of thiazole rings is 1. The van der Waals surface area contributed by atoms with Crippen LogP contribution in [0.25, 0.3) is 0 Å². The molecule has 1 saturated heterocycles. The Morgan fingerprint density at radius 3 is 2.96 bits per heavy atom. The van der Waals surface area contributed by atoms with Gasteiger partial charge in [-0.2, -0.15) is 0 Å². The number of thioether (sulfide) groups is 1. The average molecular weight is 422 g/mol. The summed E-state index contributed by atoms with van der Waals surface area (Å²) in [5.41, 5.74) is 0.996. The van der Waals surface area contributed by atoms with Gasteiger partial charge in [-0.3, -0.25) is 9.59 Å². The van der Waals surface area contributed by atoms with E-state index < -0.39 is 0 Å². The number of carbonyl (C=O) groups is 2. The van der Waals surface area contributed by atoms with E-state index in [-0.39, 0.29) is 24.2 Å². The van der Waals surface area contributed by atoms with E-state index in [1.54, 1.807) is 18.2 Å². The van der Waals surface area contributed by atoms with Crippen LogP contribution < -0.4 is 5.32 Å². The number of hydrogen-bond donors (Lipinski definition) is 1. The summed E-state index contributed by atoms with van der Waals surface area (Å²) < 4.78 is 14.5. The fraction of sp³-hybridized carbons (Fsp3) is 0.450. The third-order valence-electron chi connectivity index (χ3n) is 4.90. The maximum atomic E-state index is 13.6. The summed E-state index contributed by atoms with van der Waals surface area (Å²) in [6.45, 7) is 1.59. The van der Waals surface area contributed by atoms with Crippen LogP contribution in [0.4, 0.5) is 4.39 Å². The Bertz CT molecular complexity index is 827. The maximum absolute atomic E-state index is 13.6. The Morgan fingerprint density at radius 1 is 1.39 bits per heavy atom. The van der Waals surface area contributed by atoms with Crippen LogP contribution in [0.15, 0.2) is 34.0 Å². The summed E-state index contributed by atoms with van der Waals surface area (Å²) in [5.74, 6) is -0.118. The number of piperidine rings is 1. The van der Waals surface area contributed by atoms with E-state index in [0.29, 0.717) is 30.1 Å². The molecule has 1 N–H and O–H groups in total. The predicted octanol–water partition coefficient (Wildman–Crippen LogP) is 3.95. The molecule has 2 amide bonds. The fourth-order valence-electron chi connectivity index (χ4n) is 3.36. The number of amides is 2. The van der Waals surface area contributed by atoms with Crippen molar-refractivity contribution in [2.45, 2.75) is 36.6 Å². The number of aromatic nitrogens is 1. The summed E-state index contributed by atoms with van der Waals surface area (Å²) in [5, 5.41) is 4.59. The minimum absolute atomic E-state index is 0.0229. The van der Waals surface area contributed by atoms with Gasteiger partial charge in [0, 0.05) is 37.0 Å². The van der Waals surface area contributed by atoms with Crippen molar-refractivity contribution < 1.29 is 14.0 Å². The average Bonchev–Trinajstić information content (AvgIpc) is 3.20. The molecule has 150 valence electrons. The van der Waals surface area contributed by atoms with E-state index in [2.05, 4.69) is 10.3 Å². The lowest BCUT2D eigenvalue weighted by atomic mass is 9.93. The largest absolute Gasteiger partial charge is 0.352 e. The van der Waals surface area contributed by atoms with Gasteiger partial charge in [0.25, 0.3) is 5.91 Å². The van der Waals surface area contributed by atoms with Gasteiger partial charge >= 0.3 is 0 Å². The molecule has 1 fully saturated rings. The smallest absolute Gasteiger partial charge is 0.273 e. The normalized spacial score (nSPS) is 16.8. The highest BCUT2D eigenvalue weighted by molar-refractivity contribution is 8.00. The molecule has 1 atom stereocenters. The van der Waals surface area contributed by atoms with Gasteiger partial charge in [0.15, 0.2) is 0 Å². The molecule has 1 aromatic heterocycles. The van der Waals surface area contributed by atoms with E-state index in [1.807, 2.05) is 16.5 Å². The van der Waals surface area contributed by atoms with Gasteiger partial charge < -0.3 is 10.2 Å². The molecule has 1 aliphatic rings. The second-order valence-corrected chi connectivity index (χ2v) is 8.78. The molecule has 0 aliphatic carbocycles. The highest BCUT2D eigenvalue weighted by Crippen LogP contribution is 2.25. The molecule has 0 saturated carbocycles. The summed E-state index contributed by atoms with van der Waals surface area (Å²) in [7, 11) is 0. The molecule has 1 aliphatic heterocycles. The van der Waals surface area contributed by atoms with Crippen molar-refractivity contribution in [3.8, 4) is 0 Å². The molecule has 0 bridgehead atoms. The van der Waals surface area contributed by atoms with Crippen LogP contribution in [0.5, 0.6) is 0 Å². The molecule has 0 unspecified atom stereocenters. The SMILES string of the molecule is CSc1nc(C(=O)N2CCC[C@@H](CCC(=O)NCc3ccccc3F)C2)cs1. The quantitative estimate of drug-likeness (QED) is 0.688. The van der Waals surface area contributed by atoms with Crippen molar-refractivity contribution in [3.05, 3.63) is 46.7 Å². The van der Waals surface area contributed by atoms with Crippen LogP contribution in [-0.4, -0.2) is 41.0 Å². The molecule has 1 aromatic carbocycles. The van der Waals surface area contributed by atoms with Gasteiger partial charge in [0.1, 0.15) is 15.9 Å². The first kappa shape index (κ1) is 20.8. The monoisotopic (exact) mass is 421 g/mol. The molecule has 2 heterocycles. The molecule has 0 radical (unpaired) electrons. The van der Waals surface area contributed by atoms with Gasteiger partial charge in [-0.15, -0.1) is 11.3 Å². The minimum Gasteiger partial charge on any atom is -0.352 e. The summed E-state index contributed by atoms with van der Waals surface area (Å²) in [4.78, 5) is 31.0. The second kappa shape index (κ2) is 10.0. The maximum Gasteiger partial charge on any atom is 0.273 e. The Kier molecular flexibility index (Phi) is 7.44. The molecule has 28 heavy (non-hydrogen) atoms. The molecular formula is C20H24FN3O2S2. The van der Waals surface area contributed by atoms with Crippen molar-refractivity contribution in [3.63, 3.8) is 0 Å². The van der Waals surface area contributed by atoms with Gasteiger partial charge in [-0.1, -0.05) is 30.0 Å². The van der Waals surface area contributed by atoms with Gasteiger partial charge in [0.2, 0.25) is 5.91 Å². The summed E-state index contributed by atoms with van der Waals surface area (Å²) in [6.07, 6.45) is 5.00. The highest BCUT2D eigenvalue weighted by atomic mass is 32.2. The number of carbonyl (C=O) groups excluding carboxylic acids is 2. The van der Waals surface area contributed by atoms with E-state index >= 15 is 0 Å². The highest BCUT2D eigenvalue weighted by Gasteiger charge is 2.26. The molecule has 0 spiro atoms. The van der Waals surface area contributed by atoms with Crippen LogP contribution in [-0.2, 0) is 11.3 Å². The van der Waals surface area contributed by atoms with Crippen molar-refractivity contribution in [1.82, 2.24) is 15.2 Å². The zero-order chi connectivity index (χ0) is 19.9. The first-order valence-corrected chi connectivity index (χ1v) is 11.5. The van der Waals surface area contributed by atoms with Gasteiger partial charge in [0.05, 0.1) is 0 Å². The summed E-state index contributed by atoms with van der Waals surface area (Å²) in [6, 6.07) is 6.44. The zero-order valence-corrected chi connectivity index (χ0v) is 17.5. The van der Waals surface area contributed by atoms with Crippen molar-refractivity contribution in [1.29, 1.82) is 0 Å². The first-order valence-electron chi connectivity index (χ1n) is 9.35. The number of nitrogens with one attached hydrogen (secondary N) is 1. The predicted molar refractivity (Wildman–Crippen MR) is 110 cm³/mol. The van der Waals surface area contributed by atoms with Crippen LogP contribution >= 0.6 is 23.1 Å². The Hall–Kier alpha value is -1.93. The van der Waals surface area contributed by atoms with Crippen LogP contribution in [0.3, 0.4) is 0 Å². The Labute approximate surface area is 172 Å². The fourth-order valence-corrected chi connectivity index (χ4v) is 4.59. The third-order valence-corrected chi connectivity index (χ3v) is 6.76. The Morgan fingerprint density at radius 2 is 2.21 bits per heavy atom. The molecule has 5 nitrogen and oxygen atoms in total. The second-order valence-electron chi connectivity index (χ2n) is 6.87. The number of nitrogens with zero attached hydrogens (tertiary/aromatic N) is 2. The van der Waals surface area contributed by atoms with E-state index in [4.69, 9.17) is 0 Å². The standard InChI is InChI=1S/C20H24FN3O2S2/c1-27-20-23-17(13-28-20)19(26)24-10-4-5-14(12-24)8-9-18(25)22-11-15-6-2-3-7-16(15)21/h2-3,6-7,13-14H,4-5,8-12H2,1H3,(H,22,25)/t14-/m0/s1. The van der Waals surface area contributed by atoms with E-state index in [1.165, 1.54) is 29.2 Å². The Balaban J connectivity index is 1.45. The number of rotatable bonds is 7.